The standard InChI is InChI=1S/C21H17F3N2O5S2/c1-13-2-8-17(10-18(13)20(27)28)33(29,30)26-15-5-9-19(25-11-15)32-12-14-3-6-16(7-4-14)31-21(22,23)24/h2-11,26H,12H2,1H3,(H,27,28). The minimum Gasteiger partial charge on any atom is -0.478 e. The largest absolute Gasteiger partial charge is 0.573 e. The molecule has 0 fully saturated rings. The molecule has 1 aromatic heterocycles. The van der Waals surface area contributed by atoms with Gasteiger partial charge in [0.1, 0.15) is 5.75 Å². The number of pyridine rings is 1. The molecule has 0 amide bonds. The van der Waals surface area contributed by atoms with E-state index in [0.717, 1.165) is 11.6 Å². The van der Waals surface area contributed by atoms with Gasteiger partial charge in [-0.15, -0.1) is 24.9 Å². The van der Waals surface area contributed by atoms with Crippen LogP contribution in [0.15, 0.2) is 70.7 Å². The number of benzene rings is 2. The number of anilines is 1. The summed E-state index contributed by atoms with van der Waals surface area (Å²) in [4.78, 5) is 15.2. The summed E-state index contributed by atoms with van der Waals surface area (Å²) in [5.74, 6) is -1.11. The third-order valence-electron chi connectivity index (χ3n) is 4.28. The lowest BCUT2D eigenvalue weighted by molar-refractivity contribution is -0.274. The summed E-state index contributed by atoms with van der Waals surface area (Å²) in [6.07, 6.45) is -3.44. The van der Waals surface area contributed by atoms with Crippen LogP contribution >= 0.6 is 11.8 Å². The van der Waals surface area contributed by atoms with Crippen LogP contribution in [0, 0.1) is 6.92 Å². The first-order chi connectivity index (χ1) is 15.4. The van der Waals surface area contributed by atoms with Crippen LogP contribution in [0.5, 0.6) is 5.75 Å². The predicted octanol–water partition coefficient (Wildman–Crippen LogP) is 5.08. The first kappa shape index (κ1) is 24.4. The summed E-state index contributed by atoms with van der Waals surface area (Å²) < 4.78 is 68.0. The normalized spacial score (nSPS) is 11.8. The van der Waals surface area contributed by atoms with E-state index in [1.54, 1.807) is 13.0 Å². The van der Waals surface area contributed by atoms with Crippen LogP contribution in [0.1, 0.15) is 21.5 Å². The average Bonchev–Trinajstić information content (AvgIpc) is 2.73. The number of carbonyl (C=O) groups is 1. The molecule has 7 nitrogen and oxygen atoms in total. The van der Waals surface area contributed by atoms with Crippen molar-refractivity contribution in [1.82, 2.24) is 4.98 Å². The molecular formula is C21H17F3N2O5S2. The van der Waals surface area contributed by atoms with Crippen molar-refractivity contribution in [3.05, 3.63) is 77.5 Å². The smallest absolute Gasteiger partial charge is 0.478 e. The molecule has 0 aliphatic carbocycles. The highest BCUT2D eigenvalue weighted by molar-refractivity contribution is 7.98. The molecule has 0 saturated heterocycles. The van der Waals surface area contributed by atoms with Crippen LogP contribution in [0.25, 0.3) is 0 Å². The maximum absolute atomic E-state index is 12.6. The fourth-order valence-electron chi connectivity index (χ4n) is 2.68. The fourth-order valence-corrected chi connectivity index (χ4v) is 4.55. The van der Waals surface area contributed by atoms with E-state index in [4.69, 9.17) is 0 Å². The van der Waals surface area contributed by atoms with Crippen LogP contribution < -0.4 is 9.46 Å². The van der Waals surface area contributed by atoms with Crippen molar-refractivity contribution in [2.24, 2.45) is 0 Å². The van der Waals surface area contributed by atoms with E-state index in [1.807, 2.05) is 0 Å². The number of aromatic nitrogens is 1. The lowest BCUT2D eigenvalue weighted by Crippen LogP contribution is -2.16. The topological polar surface area (TPSA) is 106 Å². The van der Waals surface area contributed by atoms with Crippen molar-refractivity contribution in [3.63, 3.8) is 0 Å². The number of carboxylic acid groups (broad SMARTS) is 1. The molecule has 1 heterocycles. The van der Waals surface area contributed by atoms with Gasteiger partial charge in [-0.05, 0) is 54.4 Å². The van der Waals surface area contributed by atoms with Gasteiger partial charge < -0.3 is 9.84 Å². The molecule has 2 N–H and O–H groups in total. The number of hydrogen-bond donors (Lipinski definition) is 2. The van der Waals surface area contributed by atoms with Crippen LogP contribution in [0.2, 0.25) is 0 Å². The minimum absolute atomic E-state index is 0.110. The number of nitrogens with one attached hydrogen (secondary N) is 1. The van der Waals surface area contributed by atoms with Gasteiger partial charge in [0.2, 0.25) is 0 Å². The number of sulfonamides is 1. The number of halogens is 3. The van der Waals surface area contributed by atoms with Gasteiger partial charge in [0.15, 0.2) is 0 Å². The maximum atomic E-state index is 12.6. The molecule has 12 heteroatoms. The van der Waals surface area contributed by atoms with Gasteiger partial charge in [-0.3, -0.25) is 4.72 Å². The Bertz CT molecular complexity index is 1250. The Morgan fingerprint density at radius 1 is 1.12 bits per heavy atom. The van der Waals surface area contributed by atoms with Crippen molar-refractivity contribution < 1.29 is 36.2 Å². The van der Waals surface area contributed by atoms with Gasteiger partial charge in [0.05, 0.1) is 27.4 Å². The number of rotatable bonds is 8. The first-order valence-electron chi connectivity index (χ1n) is 9.23. The Balaban J connectivity index is 1.62. The SMILES string of the molecule is Cc1ccc(S(=O)(=O)Nc2ccc(SCc3ccc(OC(F)(F)F)cc3)nc2)cc1C(=O)O. The summed E-state index contributed by atoms with van der Waals surface area (Å²) in [6, 6.07) is 12.3. The van der Waals surface area contributed by atoms with Crippen LogP contribution in [-0.4, -0.2) is 30.8 Å². The number of hydrogen-bond acceptors (Lipinski definition) is 6. The highest BCUT2D eigenvalue weighted by atomic mass is 32.2. The van der Waals surface area contributed by atoms with Gasteiger partial charge in [-0.2, -0.15) is 0 Å². The number of aryl methyl sites for hydroxylation is 1. The zero-order valence-electron chi connectivity index (χ0n) is 17.0. The summed E-state index contributed by atoms with van der Waals surface area (Å²) >= 11 is 1.31. The van der Waals surface area contributed by atoms with Crippen LogP contribution in [-0.2, 0) is 15.8 Å². The molecule has 0 saturated carbocycles. The van der Waals surface area contributed by atoms with Gasteiger partial charge in [-0.25, -0.2) is 18.2 Å². The van der Waals surface area contributed by atoms with E-state index in [0.29, 0.717) is 16.3 Å². The minimum atomic E-state index is -4.75. The molecule has 3 aromatic rings. The van der Waals surface area contributed by atoms with Crippen LogP contribution in [0.4, 0.5) is 18.9 Å². The van der Waals surface area contributed by atoms with Crippen molar-refractivity contribution in [1.29, 1.82) is 0 Å². The van der Waals surface area contributed by atoms with E-state index < -0.39 is 22.4 Å². The number of alkyl halides is 3. The lowest BCUT2D eigenvalue weighted by Gasteiger charge is -2.10. The Labute approximate surface area is 191 Å². The zero-order chi connectivity index (χ0) is 24.2. The fraction of sp³-hybridized carbons (Fsp3) is 0.143. The van der Waals surface area contributed by atoms with E-state index in [1.165, 1.54) is 60.4 Å². The van der Waals surface area contributed by atoms with E-state index in [9.17, 15) is 31.5 Å². The van der Waals surface area contributed by atoms with Gasteiger partial charge >= 0.3 is 12.3 Å². The van der Waals surface area contributed by atoms with Crippen molar-refractivity contribution in [2.75, 3.05) is 4.72 Å². The Morgan fingerprint density at radius 2 is 1.82 bits per heavy atom. The highest BCUT2D eigenvalue weighted by Gasteiger charge is 2.30. The zero-order valence-corrected chi connectivity index (χ0v) is 18.6. The van der Waals surface area contributed by atoms with E-state index in [2.05, 4.69) is 14.4 Å². The monoisotopic (exact) mass is 498 g/mol. The van der Waals surface area contributed by atoms with E-state index >= 15 is 0 Å². The number of ether oxygens (including phenoxy) is 1. The summed E-state index contributed by atoms with van der Waals surface area (Å²) in [7, 11) is -4.02. The molecule has 3 rings (SSSR count). The Kier molecular flexibility index (Phi) is 7.18. The van der Waals surface area contributed by atoms with E-state index in [-0.39, 0.29) is 21.9 Å². The third-order valence-corrected chi connectivity index (χ3v) is 6.68. The van der Waals surface area contributed by atoms with Crippen molar-refractivity contribution in [2.45, 2.75) is 29.0 Å². The molecule has 0 radical (unpaired) electrons. The van der Waals surface area contributed by atoms with Gasteiger partial charge in [0, 0.05) is 5.75 Å². The van der Waals surface area contributed by atoms with Gasteiger partial charge in [0.25, 0.3) is 10.0 Å². The second-order valence-electron chi connectivity index (χ2n) is 6.75. The average molecular weight is 499 g/mol. The summed E-state index contributed by atoms with van der Waals surface area (Å²) in [5, 5.41) is 9.76. The van der Waals surface area contributed by atoms with Crippen molar-refractivity contribution in [3.8, 4) is 5.75 Å². The molecule has 0 spiro atoms. The number of carboxylic acids is 1. The summed E-state index contributed by atoms with van der Waals surface area (Å²) in [6.45, 7) is 1.57. The highest BCUT2D eigenvalue weighted by Crippen LogP contribution is 2.26. The third kappa shape index (κ3) is 6.86. The molecule has 0 aliphatic heterocycles. The summed E-state index contributed by atoms with van der Waals surface area (Å²) in [5.41, 5.74) is 1.26. The molecule has 0 atom stereocenters. The first-order valence-corrected chi connectivity index (χ1v) is 11.7. The second kappa shape index (κ2) is 9.71. The van der Waals surface area contributed by atoms with Gasteiger partial charge in [-0.1, -0.05) is 18.2 Å². The molecule has 2 aromatic carbocycles. The lowest BCUT2D eigenvalue weighted by atomic mass is 10.1. The molecule has 33 heavy (non-hydrogen) atoms. The molecule has 174 valence electrons. The second-order valence-corrected chi connectivity index (χ2v) is 9.43. The van der Waals surface area contributed by atoms with Crippen molar-refractivity contribution >= 4 is 33.4 Å². The molecular weight excluding hydrogens is 481 g/mol. The Morgan fingerprint density at radius 3 is 2.39 bits per heavy atom. The number of nitrogens with zero attached hydrogens (tertiary/aromatic N) is 1. The molecule has 0 bridgehead atoms. The Hall–Kier alpha value is -3.25. The maximum Gasteiger partial charge on any atom is 0.573 e. The number of aromatic carboxylic acids is 1. The molecule has 0 unspecified atom stereocenters. The van der Waals surface area contributed by atoms with Crippen LogP contribution in [0.3, 0.4) is 0 Å². The predicted molar refractivity (Wildman–Crippen MR) is 116 cm³/mol. The molecule has 0 aliphatic rings. The quantitative estimate of drug-likeness (QED) is 0.417. The number of thioether (sulfide) groups is 1.